The van der Waals surface area contributed by atoms with Crippen molar-refractivity contribution in [2.45, 2.75) is 58.0 Å². The third-order valence-corrected chi connectivity index (χ3v) is 5.89. The Morgan fingerprint density at radius 1 is 1.07 bits per heavy atom. The fourth-order valence-electron chi connectivity index (χ4n) is 4.04. The Kier molecular flexibility index (Phi) is 5.50. The number of amides is 1. The van der Waals surface area contributed by atoms with Crippen molar-refractivity contribution in [1.29, 1.82) is 0 Å². The first kappa shape index (κ1) is 20.4. The molecule has 1 aromatic carbocycles. The van der Waals surface area contributed by atoms with Crippen LogP contribution in [-0.2, 0) is 10.2 Å². The topological polar surface area (TPSA) is 59.7 Å². The number of hydrogen-bond donors (Lipinski definition) is 0. The van der Waals surface area contributed by atoms with Crippen LogP contribution < -0.4 is 4.74 Å². The summed E-state index contributed by atoms with van der Waals surface area (Å²) in [5.41, 5.74) is 2.21. The van der Waals surface area contributed by atoms with E-state index in [4.69, 9.17) is 4.74 Å². The van der Waals surface area contributed by atoms with Gasteiger partial charge in [0, 0.05) is 25.2 Å². The van der Waals surface area contributed by atoms with E-state index in [9.17, 15) is 4.79 Å². The number of aromatic nitrogens is 3. The number of piperidine rings is 1. The van der Waals surface area contributed by atoms with Crippen LogP contribution >= 0.6 is 0 Å². The molecule has 1 fully saturated rings. The van der Waals surface area contributed by atoms with Crippen molar-refractivity contribution >= 4 is 11.6 Å². The van der Waals surface area contributed by atoms with Gasteiger partial charge in [0.1, 0.15) is 11.6 Å². The van der Waals surface area contributed by atoms with Crippen LogP contribution in [0, 0.1) is 0 Å². The molecule has 0 N–H and O–H groups in total. The summed E-state index contributed by atoms with van der Waals surface area (Å²) in [6.45, 7) is 9.80. The minimum Gasteiger partial charge on any atom is -0.481 e. The largest absolute Gasteiger partial charge is 0.481 e. The van der Waals surface area contributed by atoms with E-state index in [0.29, 0.717) is 19.0 Å². The first-order chi connectivity index (χ1) is 14.3. The lowest BCUT2D eigenvalue weighted by Gasteiger charge is -2.33. The predicted octanol–water partition coefficient (Wildman–Crippen LogP) is 4.20. The van der Waals surface area contributed by atoms with Crippen LogP contribution in [0.15, 0.2) is 48.7 Å². The van der Waals surface area contributed by atoms with Gasteiger partial charge >= 0.3 is 0 Å². The molecule has 1 saturated heterocycles. The summed E-state index contributed by atoms with van der Waals surface area (Å²) in [6.07, 6.45) is 3.27. The first-order valence-corrected chi connectivity index (χ1v) is 10.7. The van der Waals surface area contributed by atoms with Crippen LogP contribution in [0.25, 0.3) is 5.65 Å². The molecule has 1 aliphatic rings. The van der Waals surface area contributed by atoms with Gasteiger partial charge in [-0.2, -0.15) is 0 Å². The third-order valence-electron chi connectivity index (χ3n) is 5.89. The third kappa shape index (κ3) is 4.18. The van der Waals surface area contributed by atoms with E-state index >= 15 is 0 Å². The highest BCUT2D eigenvalue weighted by Crippen LogP contribution is 2.28. The highest BCUT2D eigenvalue weighted by atomic mass is 16.5. The minimum absolute atomic E-state index is 0.0412. The van der Waals surface area contributed by atoms with Crippen molar-refractivity contribution in [3.63, 3.8) is 0 Å². The smallest absolute Gasteiger partial charge is 0.263 e. The molecule has 4 rings (SSSR count). The Bertz CT molecular complexity index is 1010. The molecule has 1 amide bonds. The van der Waals surface area contributed by atoms with Crippen molar-refractivity contribution in [2.75, 3.05) is 13.1 Å². The molecule has 0 saturated carbocycles. The molecule has 0 bridgehead atoms. The molecule has 30 heavy (non-hydrogen) atoms. The number of hydrogen-bond acceptors (Lipinski definition) is 4. The van der Waals surface area contributed by atoms with Crippen molar-refractivity contribution in [3.8, 4) is 5.75 Å². The standard InChI is InChI=1S/C24H30N4O2/c1-17(30-20-10-8-19(9-11-20)24(2,3)4)23(29)27-15-12-18(13-16-27)22-26-25-21-7-5-6-14-28(21)22/h5-11,14,17-18H,12-13,15-16H2,1-4H3. The molecular weight excluding hydrogens is 376 g/mol. The summed E-state index contributed by atoms with van der Waals surface area (Å²) in [4.78, 5) is 14.8. The molecule has 1 atom stereocenters. The summed E-state index contributed by atoms with van der Waals surface area (Å²) in [5.74, 6) is 2.07. The highest BCUT2D eigenvalue weighted by Gasteiger charge is 2.29. The lowest BCUT2D eigenvalue weighted by atomic mass is 9.87. The van der Waals surface area contributed by atoms with E-state index in [1.54, 1.807) is 0 Å². The number of nitrogens with zero attached hydrogens (tertiary/aromatic N) is 4. The van der Waals surface area contributed by atoms with E-state index in [1.807, 2.05) is 48.4 Å². The zero-order valence-electron chi connectivity index (χ0n) is 18.2. The molecule has 3 heterocycles. The second-order valence-corrected chi connectivity index (χ2v) is 9.12. The monoisotopic (exact) mass is 406 g/mol. The Morgan fingerprint density at radius 3 is 2.43 bits per heavy atom. The number of rotatable bonds is 4. The number of carbonyl (C=O) groups excluding carboxylic acids is 1. The van der Waals surface area contributed by atoms with Crippen molar-refractivity contribution < 1.29 is 9.53 Å². The lowest BCUT2D eigenvalue weighted by molar-refractivity contribution is -0.139. The second kappa shape index (κ2) is 8.09. The number of pyridine rings is 1. The number of likely N-dealkylation sites (tertiary alicyclic amines) is 1. The van der Waals surface area contributed by atoms with Gasteiger partial charge in [0.05, 0.1) is 0 Å². The minimum atomic E-state index is -0.504. The van der Waals surface area contributed by atoms with Gasteiger partial charge in [0.25, 0.3) is 5.91 Å². The van der Waals surface area contributed by atoms with Crippen LogP contribution in [0.4, 0.5) is 0 Å². The van der Waals surface area contributed by atoms with Crippen LogP contribution in [-0.4, -0.2) is 44.6 Å². The van der Waals surface area contributed by atoms with Crippen molar-refractivity contribution in [3.05, 3.63) is 60.0 Å². The van der Waals surface area contributed by atoms with Crippen molar-refractivity contribution in [2.24, 2.45) is 0 Å². The Morgan fingerprint density at radius 2 is 1.77 bits per heavy atom. The van der Waals surface area contributed by atoms with E-state index < -0.39 is 6.10 Å². The van der Waals surface area contributed by atoms with Gasteiger partial charge < -0.3 is 9.64 Å². The number of fused-ring (bicyclic) bond motifs is 1. The molecule has 1 unspecified atom stereocenters. The van der Waals surface area contributed by atoms with Gasteiger partial charge in [-0.15, -0.1) is 10.2 Å². The molecule has 158 valence electrons. The summed E-state index contributed by atoms with van der Waals surface area (Å²) >= 11 is 0. The summed E-state index contributed by atoms with van der Waals surface area (Å²) in [5, 5.41) is 8.65. The van der Waals surface area contributed by atoms with Crippen molar-refractivity contribution in [1.82, 2.24) is 19.5 Å². The molecule has 0 spiro atoms. The Balaban J connectivity index is 1.34. The SMILES string of the molecule is CC(Oc1ccc(C(C)(C)C)cc1)C(=O)N1CCC(c2nnc3ccccn23)CC1. The zero-order valence-corrected chi connectivity index (χ0v) is 18.2. The molecule has 6 nitrogen and oxygen atoms in total. The summed E-state index contributed by atoms with van der Waals surface area (Å²) < 4.78 is 7.99. The molecule has 1 aliphatic heterocycles. The number of carbonyl (C=O) groups is 1. The molecule has 3 aromatic rings. The summed E-state index contributed by atoms with van der Waals surface area (Å²) in [6, 6.07) is 14.0. The van der Waals surface area contributed by atoms with Crippen LogP contribution in [0.1, 0.15) is 57.8 Å². The van der Waals surface area contributed by atoms with E-state index in [-0.39, 0.29) is 11.3 Å². The fraction of sp³-hybridized carbons (Fsp3) is 0.458. The van der Waals surface area contributed by atoms with Gasteiger partial charge in [0.15, 0.2) is 11.8 Å². The van der Waals surface area contributed by atoms with Gasteiger partial charge in [-0.1, -0.05) is 39.0 Å². The number of benzene rings is 1. The van der Waals surface area contributed by atoms with E-state index in [1.165, 1.54) is 5.56 Å². The van der Waals surface area contributed by atoms with Crippen LogP contribution in [0.5, 0.6) is 5.75 Å². The quantitative estimate of drug-likeness (QED) is 0.652. The highest BCUT2D eigenvalue weighted by molar-refractivity contribution is 5.81. The fourth-order valence-corrected chi connectivity index (χ4v) is 4.04. The van der Waals surface area contributed by atoms with Gasteiger partial charge in [0.2, 0.25) is 0 Å². The normalized spacial score (nSPS) is 16.6. The lowest BCUT2D eigenvalue weighted by Crippen LogP contribution is -2.44. The second-order valence-electron chi connectivity index (χ2n) is 9.12. The predicted molar refractivity (Wildman–Crippen MR) is 117 cm³/mol. The van der Waals surface area contributed by atoms with E-state index in [0.717, 1.165) is 30.1 Å². The van der Waals surface area contributed by atoms with Gasteiger partial charge in [-0.05, 0) is 55.0 Å². The number of ether oxygens (including phenoxy) is 1. The maximum absolute atomic E-state index is 12.9. The van der Waals surface area contributed by atoms with Crippen LogP contribution in [0.2, 0.25) is 0 Å². The first-order valence-electron chi connectivity index (χ1n) is 10.7. The van der Waals surface area contributed by atoms with Gasteiger partial charge in [-0.25, -0.2) is 0 Å². The summed E-state index contributed by atoms with van der Waals surface area (Å²) in [7, 11) is 0. The Labute approximate surface area is 177 Å². The van der Waals surface area contributed by atoms with Gasteiger partial charge in [-0.3, -0.25) is 9.20 Å². The molecule has 0 aliphatic carbocycles. The average molecular weight is 407 g/mol. The maximum atomic E-state index is 12.9. The zero-order chi connectivity index (χ0) is 21.3. The maximum Gasteiger partial charge on any atom is 0.263 e. The molecule has 2 aromatic heterocycles. The molecular formula is C24H30N4O2. The molecule has 6 heteroatoms. The van der Waals surface area contributed by atoms with E-state index in [2.05, 4.69) is 47.5 Å². The Hall–Kier alpha value is -2.89. The van der Waals surface area contributed by atoms with Crippen LogP contribution in [0.3, 0.4) is 0 Å². The molecule has 0 radical (unpaired) electrons. The average Bonchev–Trinajstić information content (AvgIpc) is 3.17.